The number of aromatic hydroxyl groups is 1. The summed E-state index contributed by atoms with van der Waals surface area (Å²) in [5.74, 6) is 0.638. The van der Waals surface area contributed by atoms with Gasteiger partial charge in [-0.15, -0.1) is 11.6 Å². The minimum atomic E-state index is 0.0119. The molecule has 0 bridgehead atoms. The van der Waals surface area contributed by atoms with Crippen molar-refractivity contribution in [2.24, 2.45) is 0 Å². The van der Waals surface area contributed by atoms with Gasteiger partial charge in [0.25, 0.3) is 0 Å². The number of nitrogens with zero attached hydrogens (tertiary/aromatic N) is 1. The molecular weight excluding hydrogens is 214 g/mol. The quantitative estimate of drug-likeness (QED) is 0.802. The molecule has 0 fully saturated rings. The molecule has 0 aliphatic carbocycles. The molecule has 1 N–H and O–H groups in total. The highest BCUT2D eigenvalue weighted by atomic mass is 35.5. The molecule has 0 spiro atoms. The van der Waals surface area contributed by atoms with Crippen LogP contribution in [-0.4, -0.2) is 18.1 Å². The van der Waals surface area contributed by atoms with Gasteiger partial charge in [0, 0.05) is 17.5 Å². The molecule has 0 saturated carbocycles. The van der Waals surface area contributed by atoms with E-state index in [4.69, 9.17) is 21.6 Å². The van der Waals surface area contributed by atoms with Crippen LogP contribution in [0.5, 0.6) is 11.5 Å². The van der Waals surface area contributed by atoms with Gasteiger partial charge in [-0.25, -0.2) is 0 Å². The Morgan fingerprint density at radius 3 is 2.87 bits per heavy atom. The Hall–Kier alpha value is -1.66. The van der Waals surface area contributed by atoms with E-state index < -0.39 is 0 Å². The maximum Gasteiger partial charge on any atom is 0.165 e. The first-order valence-electron chi connectivity index (χ1n) is 4.26. The number of alkyl halides is 1. The summed E-state index contributed by atoms with van der Waals surface area (Å²) < 4.78 is 4.94. The van der Waals surface area contributed by atoms with Crippen molar-refractivity contribution in [1.29, 1.82) is 5.26 Å². The number of phenolic OH excluding ortho intramolecular Hbond substituents is 1. The molecule has 0 aliphatic heterocycles. The zero-order valence-electron chi connectivity index (χ0n) is 8.20. The number of rotatable bonds is 3. The second-order valence-electron chi connectivity index (χ2n) is 2.78. The fraction of sp³-hybridized carbons (Fsp3) is 0.182. The fourth-order valence-electron chi connectivity index (χ4n) is 1.15. The van der Waals surface area contributed by atoms with Crippen molar-refractivity contribution in [2.75, 3.05) is 13.0 Å². The SMILES string of the molecule is COc1cc(C#N)cc(C=CCCl)c1O. The van der Waals surface area contributed by atoms with Gasteiger partial charge in [0.05, 0.1) is 18.7 Å². The number of benzene rings is 1. The zero-order chi connectivity index (χ0) is 11.3. The standard InChI is InChI=1S/C11H10ClNO2/c1-15-10-6-8(7-13)5-9(11(10)14)3-2-4-12/h2-3,5-6,14H,4H2,1H3. The van der Waals surface area contributed by atoms with E-state index in [1.165, 1.54) is 13.2 Å². The Bertz CT molecular complexity index is 421. The van der Waals surface area contributed by atoms with Crippen LogP contribution in [0.15, 0.2) is 18.2 Å². The second-order valence-corrected chi connectivity index (χ2v) is 3.09. The number of halogens is 1. The van der Waals surface area contributed by atoms with Gasteiger partial charge in [-0.2, -0.15) is 5.26 Å². The van der Waals surface area contributed by atoms with Crippen LogP contribution >= 0.6 is 11.6 Å². The maximum atomic E-state index is 9.71. The molecule has 3 nitrogen and oxygen atoms in total. The Labute approximate surface area is 93.2 Å². The van der Waals surface area contributed by atoms with Gasteiger partial charge in [0.2, 0.25) is 0 Å². The summed E-state index contributed by atoms with van der Waals surface area (Å²) in [7, 11) is 1.44. The van der Waals surface area contributed by atoms with E-state index in [1.807, 2.05) is 6.07 Å². The van der Waals surface area contributed by atoms with Crippen molar-refractivity contribution < 1.29 is 9.84 Å². The van der Waals surface area contributed by atoms with Crippen LogP contribution < -0.4 is 4.74 Å². The summed E-state index contributed by atoms with van der Waals surface area (Å²) in [4.78, 5) is 0. The fourth-order valence-corrected chi connectivity index (χ4v) is 1.24. The largest absolute Gasteiger partial charge is 0.504 e. The lowest BCUT2D eigenvalue weighted by Crippen LogP contribution is -1.88. The first-order chi connectivity index (χ1) is 7.22. The van der Waals surface area contributed by atoms with Crippen LogP contribution in [0.1, 0.15) is 11.1 Å². The number of phenols is 1. The number of hydrogen-bond donors (Lipinski definition) is 1. The van der Waals surface area contributed by atoms with Crippen LogP contribution in [0.2, 0.25) is 0 Å². The topological polar surface area (TPSA) is 53.2 Å². The molecule has 0 radical (unpaired) electrons. The van der Waals surface area contributed by atoms with E-state index in [0.29, 0.717) is 17.0 Å². The summed E-state index contributed by atoms with van der Waals surface area (Å²) in [5.41, 5.74) is 0.949. The van der Waals surface area contributed by atoms with Crippen LogP contribution in [0.25, 0.3) is 6.08 Å². The molecule has 1 aromatic rings. The summed E-state index contributed by atoms with van der Waals surface area (Å²) in [6, 6.07) is 5.04. The molecule has 0 heterocycles. The summed E-state index contributed by atoms with van der Waals surface area (Å²) in [6.07, 6.45) is 3.32. The lowest BCUT2D eigenvalue weighted by atomic mass is 10.1. The van der Waals surface area contributed by atoms with Crippen LogP contribution in [0.4, 0.5) is 0 Å². The molecule has 1 aromatic carbocycles. The number of nitriles is 1. The predicted molar refractivity (Wildman–Crippen MR) is 59.1 cm³/mol. The minimum absolute atomic E-state index is 0.0119. The molecule has 78 valence electrons. The first-order valence-corrected chi connectivity index (χ1v) is 4.80. The van der Waals surface area contributed by atoms with Gasteiger partial charge in [0.15, 0.2) is 11.5 Å². The highest BCUT2D eigenvalue weighted by Crippen LogP contribution is 2.32. The van der Waals surface area contributed by atoms with Crippen molar-refractivity contribution in [3.8, 4) is 17.6 Å². The molecule has 0 aromatic heterocycles. The highest BCUT2D eigenvalue weighted by molar-refractivity contribution is 6.19. The van der Waals surface area contributed by atoms with Crippen molar-refractivity contribution in [3.63, 3.8) is 0 Å². The van der Waals surface area contributed by atoms with E-state index >= 15 is 0 Å². The van der Waals surface area contributed by atoms with Crippen LogP contribution in [0, 0.1) is 11.3 Å². The van der Waals surface area contributed by atoms with Gasteiger partial charge in [-0.05, 0) is 6.07 Å². The van der Waals surface area contributed by atoms with Gasteiger partial charge in [0.1, 0.15) is 0 Å². The number of ether oxygens (including phenoxy) is 1. The number of methoxy groups -OCH3 is 1. The molecule has 4 heteroatoms. The molecule has 0 aliphatic rings. The molecule has 0 unspecified atom stereocenters. The summed E-state index contributed by atoms with van der Waals surface area (Å²) in [6.45, 7) is 0. The van der Waals surface area contributed by atoms with Crippen molar-refractivity contribution in [2.45, 2.75) is 0 Å². The van der Waals surface area contributed by atoms with Gasteiger partial charge >= 0.3 is 0 Å². The van der Waals surface area contributed by atoms with Crippen molar-refractivity contribution in [3.05, 3.63) is 29.3 Å². The van der Waals surface area contributed by atoms with E-state index in [0.717, 1.165) is 0 Å². The summed E-state index contributed by atoms with van der Waals surface area (Å²) >= 11 is 5.49. The average Bonchev–Trinajstić information content (AvgIpc) is 2.27. The van der Waals surface area contributed by atoms with Gasteiger partial charge in [-0.1, -0.05) is 12.2 Å². The zero-order valence-corrected chi connectivity index (χ0v) is 8.95. The molecule has 15 heavy (non-hydrogen) atoms. The Morgan fingerprint density at radius 1 is 1.60 bits per heavy atom. The van der Waals surface area contributed by atoms with E-state index in [2.05, 4.69) is 0 Å². The third-order valence-corrected chi connectivity index (χ3v) is 2.02. The van der Waals surface area contributed by atoms with Crippen LogP contribution in [0.3, 0.4) is 0 Å². The van der Waals surface area contributed by atoms with Crippen LogP contribution in [-0.2, 0) is 0 Å². The monoisotopic (exact) mass is 223 g/mol. The predicted octanol–water partition coefficient (Wildman–Crippen LogP) is 2.52. The Kier molecular flexibility index (Phi) is 4.02. The average molecular weight is 224 g/mol. The lowest BCUT2D eigenvalue weighted by Gasteiger charge is -2.06. The maximum absolute atomic E-state index is 9.71. The second kappa shape index (κ2) is 5.28. The first kappa shape index (κ1) is 11.4. The third-order valence-electron chi connectivity index (χ3n) is 1.84. The molecule has 1 rings (SSSR count). The molecule has 0 atom stereocenters. The number of hydrogen-bond acceptors (Lipinski definition) is 3. The Morgan fingerprint density at radius 2 is 2.33 bits per heavy atom. The van der Waals surface area contributed by atoms with E-state index in [9.17, 15) is 5.11 Å². The highest BCUT2D eigenvalue weighted by Gasteiger charge is 2.07. The summed E-state index contributed by atoms with van der Waals surface area (Å²) in [5, 5.41) is 18.5. The van der Waals surface area contributed by atoms with Gasteiger partial charge < -0.3 is 9.84 Å². The van der Waals surface area contributed by atoms with E-state index in [-0.39, 0.29) is 11.5 Å². The Balaban J connectivity index is 3.25. The molecular formula is C11H10ClNO2. The van der Waals surface area contributed by atoms with E-state index in [1.54, 1.807) is 18.2 Å². The molecule has 0 saturated heterocycles. The third kappa shape index (κ3) is 2.64. The smallest absolute Gasteiger partial charge is 0.165 e. The van der Waals surface area contributed by atoms with Crippen molar-refractivity contribution in [1.82, 2.24) is 0 Å². The van der Waals surface area contributed by atoms with Gasteiger partial charge in [-0.3, -0.25) is 0 Å². The van der Waals surface area contributed by atoms with Crippen molar-refractivity contribution >= 4 is 17.7 Å². The lowest BCUT2D eigenvalue weighted by molar-refractivity contribution is 0.373. The molecule has 0 amide bonds. The number of allylic oxidation sites excluding steroid dienone is 1. The minimum Gasteiger partial charge on any atom is -0.504 e. The normalized spacial score (nSPS) is 10.2.